The van der Waals surface area contributed by atoms with Crippen molar-refractivity contribution in [3.63, 3.8) is 0 Å². The summed E-state index contributed by atoms with van der Waals surface area (Å²) in [6.45, 7) is 9.86. The van der Waals surface area contributed by atoms with Crippen molar-refractivity contribution in [2.45, 2.75) is 38.8 Å². The summed E-state index contributed by atoms with van der Waals surface area (Å²) in [5, 5.41) is 0. The van der Waals surface area contributed by atoms with Gasteiger partial charge < -0.3 is 9.64 Å². The number of rotatable bonds is 2. The molecular weight excluding hydrogens is 266 g/mol. The third-order valence-corrected chi connectivity index (χ3v) is 3.37. The lowest BCUT2D eigenvalue weighted by Gasteiger charge is -2.34. The van der Waals surface area contributed by atoms with Crippen LogP contribution in [0.5, 0.6) is 0 Å². The van der Waals surface area contributed by atoms with Crippen molar-refractivity contribution >= 4 is 11.9 Å². The standard InChI is InChI=1S/C17H21NO3/c1-5-15(19)18-10-12-8-6-7-9-13(12)14(11-18)16(20)21-17(2,3)4/h5-9,14H,1,10-11H2,2-4H3/t14-/m0/s1. The summed E-state index contributed by atoms with van der Waals surface area (Å²) in [6, 6.07) is 7.68. The van der Waals surface area contributed by atoms with Gasteiger partial charge in [0.25, 0.3) is 0 Å². The lowest BCUT2D eigenvalue weighted by atomic mass is 9.89. The van der Waals surface area contributed by atoms with Crippen LogP contribution in [-0.4, -0.2) is 28.9 Å². The van der Waals surface area contributed by atoms with Crippen LogP contribution in [0.1, 0.15) is 37.8 Å². The van der Waals surface area contributed by atoms with Gasteiger partial charge >= 0.3 is 5.97 Å². The zero-order chi connectivity index (χ0) is 15.6. The van der Waals surface area contributed by atoms with Crippen molar-refractivity contribution < 1.29 is 14.3 Å². The molecular formula is C17H21NO3. The Morgan fingerprint density at radius 1 is 1.33 bits per heavy atom. The number of carbonyl (C=O) groups is 2. The van der Waals surface area contributed by atoms with E-state index in [2.05, 4.69) is 6.58 Å². The molecule has 21 heavy (non-hydrogen) atoms. The first kappa shape index (κ1) is 15.3. The summed E-state index contributed by atoms with van der Waals surface area (Å²) in [4.78, 5) is 26.0. The normalized spacial score (nSPS) is 17.9. The number of esters is 1. The highest BCUT2D eigenvalue weighted by Gasteiger charge is 2.34. The molecule has 0 fully saturated rings. The maximum atomic E-state index is 12.4. The molecule has 1 aromatic rings. The van der Waals surface area contributed by atoms with E-state index in [-0.39, 0.29) is 11.9 Å². The van der Waals surface area contributed by atoms with Gasteiger partial charge in [0.15, 0.2) is 0 Å². The SMILES string of the molecule is C=CC(=O)N1Cc2ccccc2[C@@H](C(=O)OC(C)(C)C)C1. The van der Waals surface area contributed by atoms with Gasteiger partial charge in [-0.05, 0) is 38.0 Å². The molecule has 0 N–H and O–H groups in total. The van der Waals surface area contributed by atoms with E-state index in [0.717, 1.165) is 11.1 Å². The molecule has 2 rings (SSSR count). The Kier molecular flexibility index (Phi) is 4.16. The van der Waals surface area contributed by atoms with Crippen LogP contribution in [-0.2, 0) is 20.9 Å². The van der Waals surface area contributed by atoms with Gasteiger partial charge in [0.05, 0.1) is 5.92 Å². The highest BCUT2D eigenvalue weighted by molar-refractivity contribution is 5.88. The highest BCUT2D eigenvalue weighted by atomic mass is 16.6. The molecule has 4 nitrogen and oxygen atoms in total. The summed E-state index contributed by atoms with van der Waals surface area (Å²) in [7, 11) is 0. The fourth-order valence-electron chi connectivity index (χ4n) is 2.48. The Bertz CT molecular complexity index is 572. The first-order valence-corrected chi connectivity index (χ1v) is 7.04. The zero-order valence-corrected chi connectivity index (χ0v) is 12.8. The Balaban J connectivity index is 2.32. The molecule has 1 aromatic carbocycles. The number of hydrogen-bond acceptors (Lipinski definition) is 3. The predicted molar refractivity (Wildman–Crippen MR) is 80.6 cm³/mol. The van der Waals surface area contributed by atoms with Crippen LogP contribution in [0.2, 0.25) is 0 Å². The van der Waals surface area contributed by atoms with E-state index in [1.54, 1.807) is 4.90 Å². The maximum absolute atomic E-state index is 12.4. The molecule has 1 atom stereocenters. The molecule has 1 aliphatic rings. The van der Waals surface area contributed by atoms with Gasteiger partial charge in [-0.1, -0.05) is 30.8 Å². The van der Waals surface area contributed by atoms with Crippen LogP contribution in [0.25, 0.3) is 0 Å². The molecule has 0 unspecified atom stereocenters. The Morgan fingerprint density at radius 3 is 2.62 bits per heavy atom. The van der Waals surface area contributed by atoms with Gasteiger partial charge in [0.2, 0.25) is 5.91 Å². The molecule has 0 aliphatic carbocycles. The topological polar surface area (TPSA) is 46.6 Å². The molecule has 0 saturated heterocycles. The van der Waals surface area contributed by atoms with Gasteiger partial charge in [0, 0.05) is 13.1 Å². The number of nitrogens with zero attached hydrogens (tertiary/aromatic N) is 1. The van der Waals surface area contributed by atoms with Crippen LogP contribution >= 0.6 is 0 Å². The Morgan fingerprint density at radius 2 is 2.00 bits per heavy atom. The van der Waals surface area contributed by atoms with E-state index in [1.807, 2.05) is 45.0 Å². The predicted octanol–water partition coefficient (Wildman–Crippen LogP) is 2.64. The van der Waals surface area contributed by atoms with Crippen molar-refractivity contribution in [3.8, 4) is 0 Å². The molecule has 0 spiro atoms. The largest absolute Gasteiger partial charge is 0.459 e. The van der Waals surface area contributed by atoms with Crippen LogP contribution < -0.4 is 0 Å². The molecule has 1 heterocycles. The summed E-state index contributed by atoms with van der Waals surface area (Å²) in [5.41, 5.74) is 1.38. The van der Waals surface area contributed by atoms with Gasteiger partial charge in [-0.2, -0.15) is 0 Å². The van der Waals surface area contributed by atoms with Crippen molar-refractivity contribution in [1.82, 2.24) is 4.90 Å². The minimum Gasteiger partial charge on any atom is -0.459 e. The second kappa shape index (κ2) is 5.72. The molecule has 1 amide bonds. The van der Waals surface area contributed by atoms with Crippen LogP contribution in [0.3, 0.4) is 0 Å². The molecule has 0 radical (unpaired) electrons. The number of hydrogen-bond donors (Lipinski definition) is 0. The van der Waals surface area contributed by atoms with Crippen molar-refractivity contribution in [1.29, 1.82) is 0 Å². The number of fused-ring (bicyclic) bond motifs is 1. The van der Waals surface area contributed by atoms with Crippen LogP contribution in [0, 0.1) is 0 Å². The second-order valence-corrected chi connectivity index (χ2v) is 6.21. The fourth-order valence-corrected chi connectivity index (χ4v) is 2.48. The lowest BCUT2D eigenvalue weighted by Crippen LogP contribution is -2.41. The third-order valence-electron chi connectivity index (χ3n) is 3.37. The molecule has 0 aromatic heterocycles. The third kappa shape index (κ3) is 3.51. The molecule has 0 saturated carbocycles. The number of ether oxygens (including phenoxy) is 1. The van der Waals surface area contributed by atoms with E-state index < -0.39 is 11.5 Å². The first-order chi connectivity index (χ1) is 9.81. The van der Waals surface area contributed by atoms with Crippen molar-refractivity contribution in [3.05, 3.63) is 48.0 Å². The number of amides is 1. The first-order valence-electron chi connectivity index (χ1n) is 7.04. The monoisotopic (exact) mass is 287 g/mol. The summed E-state index contributed by atoms with van der Waals surface area (Å²) in [6.07, 6.45) is 1.28. The number of benzene rings is 1. The zero-order valence-electron chi connectivity index (χ0n) is 12.8. The van der Waals surface area contributed by atoms with Crippen molar-refractivity contribution in [2.24, 2.45) is 0 Å². The van der Waals surface area contributed by atoms with Gasteiger partial charge in [-0.15, -0.1) is 0 Å². The fraction of sp³-hybridized carbons (Fsp3) is 0.412. The molecule has 1 aliphatic heterocycles. The summed E-state index contributed by atoms with van der Waals surface area (Å²) >= 11 is 0. The van der Waals surface area contributed by atoms with Gasteiger partial charge in [0.1, 0.15) is 5.60 Å². The van der Waals surface area contributed by atoms with E-state index >= 15 is 0 Å². The van der Waals surface area contributed by atoms with Crippen LogP contribution in [0.15, 0.2) is 36.9 Å². The van der Waals surface area contributed by atoms with E-state index in [1.165, 1.54) is 6.08 Å². The minimum atomic E-state index is -0.545. The average Bonchev–Trinajstić information content (AvgIpc) is 2.43. The summed E-state index contributed by atoms with van der Waals surface area (Å²) in [5.74, 6) is -0.910. The van der Waals surface area contributed by atoms with Crippen LogP contribution in [0.4, 0.5) is 0 Å². The molecule has 4 heteroatoms. The molecule has 112 valence electrons. The second-order valence-electron chi connectivity index (χ2n) is 6.21. The van der Waals surface area contributed by atoms with E-state index in [0.29, 0.717) is 13.1 Å². The quantitative estimate of drug-likeness (QED) is 0.620. The summed E-state index contributed by atoms with van der Waals surface area (Å²) < 4.78 is 5.49. The van der Waals surface area contributed by atoms with Gasteiger partial charge in [-0.25, -0.2) is 0 Å². The van der Waals surface area contributed by atoms with E-state index in [9.17, 15) is 9.59 Å². The highest BCUT2D eigenvalue weighted by Crippen LogP contribution is 2.30. The van der Waals surface area contributed by atoms with Crippen molar-refractivity contribution in [2.75, 3.05) is 6.54 Å². The smallest absolute Gasteiger partial charge is 0.315 e. The van der Waals surface area contributed by atoms with Gasteiger partial charge in [-0.3, -0.25) is 9.59 Å². The number of carbonyl (C=O) groups excluding carboxylic acids is 2. The minimum absolute atomic E-state index is 0.168. The molecule has 0 bridgehead atoms. The maximum Gasteiger partial charge on any atom is 0.315 e. The Labute approximate surface area is 125 Å². The van der Waals surface area contributed by atoms with E-state index in [4.69, 9.17) is 4.74 Å². The average molecular weight is 287 g/mol. The lowest BCUT2D eigenvalue weighted by molar-refractivity contribution is -0.157. The Hall–Kier alpha value is -2.10.